The van der Waals surface area contributed by atoms with E-state index in [4.69, 9.17) is 20.4 Å². The Morgan fingerprint density at radius 3 is 0.309 bits per heavy atom. The van der Waals surface area contributed by atoms with Crippen molar-refractivity contribution < 1.29 is 39.6 Å². The van der Waals surface area contributed by atoms with Gasteiger partial charge in [-0.25, -0.2) is 0 Å². The molecule has 9 heteroatoms. The summed E-state index contributed by atoms with van der Waals surface area (Å²) in [7, 11) is 0. The van der Waals surface area contributed by atoms with E-state index < -0.39 is 23.9 Å². The highest BCUT2D eigenvalue weighted by Crippen LogP contribution is 2.18. The molecular weight excluding hydrogens is 1020 g/mol. The van der Waals surface area contributed by atoms with E-state index in [9.17, 15) is 19.2 Å². The van der Waals surface area contributed by atoms with Crippen LogP contribution in [0.3, 0.4) is 0 Å². The predicted molar refractivity (Wildman–Crippen MR) is 354 cm³/mol. The van der Waals surface area contributed by atoms with Gasteiger partial charge in [0.2, 0.25) is 0 Å². The van der Waals surface area contributed by atoms with Crippen LogP contribution in [-0.2, 0) is 19.2 Å². The molecule has 4 radical (unpaired) electrons. The zero-order chi connectivity index (χ0) is 59.6. The lowest BCUT2D eigenvalue weighted by molar-refractivity contribution is -0.138. The second kappa shape index (κ2) is 84.5. The normalized spacial score (nSPS) is 10.7. The number of hydrogen-bond donors (Lipinski definition) is 4. The zero-order valence-electron chi connectivity index (χ0n) is 55.2. The Bertz CT molecular complexity index is 990. The molecule has 0 aliphatic heterocycles. The van der Waals surface area contributed by atoms with Gasteiger partial charge in [-0.2, -0.15) is 0 Å². The topological polar surface area (TPSA) is 149 Å². The molecule has 0 saturated heterocycles. The van der Waals surface area contributed by atoms with Gasteiger partial charge in [0.25, 0.3) is 0 Å². The van der Waals surface area contributed by atoms with Gasteiger partial charge in [0, 0.05) is 36.6 Å². The summed E-state index contributed by atoms with van der Waals surface area (Å²) in [5.74, 6) is -2.61. The molecule has 0 spiro atoms. The number of hydrogen-bond acceptors (Lipinski definition) is 4. The van der Waals surface area contributed by atoms with Gasteiger partial charge in [-0.1, -0.05) is 387 Å². The molecule has 0 aliphatic rings. The number of carboxylic acid groups (broad SMARTS) is 4. The third kappa shape index (κ3) is 104. The van der Waals surface area contributed by atoms with Gasteiger partial charge in [-0.3, -0.25) is 19.2 Å². The van der Waals surface area contributed by atoms with E-state index in [1.54, 1.807) is 0 Å². The molecule has 0 aliphatic carbocycles. The fraction of sp³-hybridized carbons (Fsp3) is 0.944. The predicted octanol–water partition coefficient (Wildman–Crippen LogP) is 24.9. The van der Waals surface area contributed by atoms with Gasteiger partial charge in [-0.15, -0.1) is 0 Å². The number of unbranched alkanes of at least 4 members (excludes halogenated alkanes) is 56. The van der Waals surface area contributed by atoms with E-state index >= 15 is 0 Å². The van der Waals surface area contributed by atoms with Crippen molar-refractivity contribution in [1.29, 1.82) is 0 Å². The quantitative estimate of drug-likeness (QED) is 0.0347. The van der Waals surface area contributed by atoms with Crippen LogP contribution in [0.1, 0.15) is 439 Å². The van der Waals surface area contributed by atoms with Crippen LogP contribution in [0, 0.1) is 0 Å². The lowest BCUT2D eigenvalue weighted by Gasteiger charge is -2.03. The van der Waals surface area contributed by atoms with Gasteiger partial charge in [0.1, 0.15) is 0 Å². The summed E-state index contributed by atoms with van der Waals surface area (Å²) < 4.78 is 0. The second-order valence-corrected chi connectivity index (χ2v) is 24.4. The van der Waals surface area contributed by atoms with Crippen LogP contribution in [0.25, 0.3) is 0 Å². The molecule has 4 N–H and O–H groups in total. The summed E-state index contributed by atoms with van der Waals surface area (Å²) in [5, 5.41) is 34.1. The first-order chi connectivity index (χ1) is 39.1. The van der Waals surface area contributed by atoms with Crippen LogP contribution in [0.15, 0.2) is 0 Å². The lowest BCUT2D eigenvalue weighted by Crippen LogP contribution is -1.93. The fourth-order valence-electron chi connectivity index (χ4n) is 10.6. The minimum atomic E-state index is -0.653. The summed E-state index contributed by atoms with van der Waals surface area (Å²) in [6, 6.07) is 0. The first-order valence-corrected chi connectivity index (χ1v) is 36.0. The molecular formula is C72H144O8Si. The summed E-state index contributed by atoms with van der Waals surface area (Å²) in [4.78, 5) is 41.3. The van der Waals surface area contributed by atoms with Crippen molar-refractivity contribution >= 4 is 34.8 Å². The van der Waals surface area contributed by atoms with Crippen molar-refractivity contribution in [2.24, 2.45) is 0 Å². The molecule has 0 aromatic rings. The summed E-state index contributed by atoms with van der Waals surface area (Å²) >= 11 is 0. The lowest BCUT2D eigenvalue weighted by atomic mass is 10.0. The number of carbonyl (C=O) groups is 4. The van der Waals surface area contributed by atoms with E-state index in [-0.39, 0.29) is 11.0 Å². The van der Waals surface area contributed by atoms with Crippen LogP contribution >= 0.6 is 0 Å². The van der Waals surface area contributed by atoms with E-state index in [1.807, 2.05) is 0 Å². The molecule has 0 fully saturated rings. The molecule has 0 bridgehead atoms. The first kappa shape index (κ1) is 87.9. The highest BCUT2D eigenvalue weighted by Gasteiger charge is 2.02. The van der Waals surface area contributed by atoms with Gasteiger partial charge < -0.3 is 20.4 Å². The maximum Gasteiger partial charge on any atom is 0.303 e. The standard InChI is InChI=1S/4C18H36O2.Si/c4*1-2-3-4-5-6-7-8-9-10-11-12-13-14-15-16-17-18(19)20;/h4*2-17H2,1H3,(H,19,20);. The molecule has 484 valence electrons. The van der Waals surface area contributed by atoms with Gasteiger partial charge in [-0.05, 0) is 25.7 Å². The molecule has 0 unspecified atom stereocenters. The Labute approximate surface area is 510 Å². The minimum Gasteiger partial charge on any atom is -0.481 e. The smallest absolute Gasteiger partial charge is 0.303 e. The molecule has 8 nitrogen and oxygen atoms in total. The van der Waals surface area contributed by atoms with E-state index in [2.05, 4.69) is 27.7 Å². The average Bonchev–Trinajstić information content (AvgIpc) is 3.43. The molecule has 0 heterocycles. The number of aliphatic carboxylic acids is 4. The highest BCUT2D eigenvalue weighted by atomic mass is 28.1. The number of rotatable bonds is 64. The van der Waals surface area contributed by atoms with Crippen molar-refractivity contribution in [2.45, 2.75) is 439 Å². The average molecular weight is 1170 g/mol. The van der Waals surface area contributed by atoms with Gasteiger partial charge in [0.15, 0.2) is 0 Å². The van der Waals surface area contributed by atoms with Crippen LogP contribution in [0.5, 0.6) is 0 Å². The molecule has 0 amide bonds. The van der Waals surface area contributed by atoms with Crippen molar-refractivity contribution in [3.8, 4) is 0 Å². The van der Waals surface area contributed by atoms with Crippen molar-refractivity contribution in [3.63, 3.8) is 0 Å². The van der Waals surface area contributed by atoms with Crippen LogP contribution in [0.4, 0.5) is 0 Å². The summed E-state index contributed by atoms with van der Waals surface area (Å²) in [6.45, 7) is 9.08. The van der Waals surface area contributed by atoms with E-state index in [1.165, 1.54) is 334 Å². The molecule has 0 rings (SSSR count). The molecule has 0 aromatic carbocycles. The Kier molecular flexibility index (Phi) is 91.7. The maximum atomic E-state index is 10.3. The van der Waals surface area contributed by atoms with Crippen LogP contribution < -0.4 is 0 Å². The summed E-state index contributed by atoms with van der Waals surface area (Å²) in [6.07, 6.45) is 80.8. The van der Waals surface area contributed by atoms with E-state index in [0.29, 0.717) is 25.7 Å². The summed E-state index contributed by atoms with van der Waals surface area (Å²) in [5.41, 5.74) is 0. The van der Waals surface area contributed by atoms with Crippen LogP contribution in [0.2, 0.25) is 0 Å². The second-order valence-electron chi connectivity index (χ2n) is 24.4. The van der Waals surface area contributed by atoms with Crippen molar-refractivity contribution in [1.82, 2.24) is 0 Å². The first-order valence-electron chi connectivity index (χ1n) is 36.0. The Balaban J connectivity index is -0.000000316. The SMILES string of the molecule is CCCCCCCCCCCCCCCCCC(=O)O.CCCCCCCCCCCCCCCCCC(=O)O.CCCCCCCCCCCCCCCCCC(=O)O.CCCCCCCCCCCCCCCCCC(=O)O.[Si]. The molecule has 0 saturated carbocycles. The minimum absolute atomic E-state index is 0. The molecule has 81 heavy (non-hydrogen) atoms. The Hall–Kier alpha value is -1.90. The maximum absolute atomic E-state index is 10.3. The number of carboxylic acids is 4. The Morgan fingerprint density at radius 2 is 0.235 bits per heavy atom. The van der Waals surface area contributed by atoms with Crippen molar-refractivity contribution in [2.75, 3.05) is 0 Å². The third-order valence-electron chi connectivity index (χ3n) is 16.0. The fourth-order valence-corrected chi connectivity index (χ4v) is 10.6. The molecule has 0 aromatic heterocycles. The van der Waals surface area contributed by atoms with Gasteiger partial charge in [0.05, 0.1) is 0 Å². The van der Waals surface area contributed by atoms with Crippen molar-refractivity contribution in [3.05, 3.63) is 0 Å². The monoisotopic (exact) mass is 1170 g/mol. The van der Waals surface area contributed by atoms with Crippen LogP contribution in [-0.4, -0.2) is 55.3 Å². The zero-order valence-corrected chi connectivity index (χ0v) is 56.2. The highest BCUT2D eigenvalue weighted by molar-refractivity contribution is 5.75. The molecule has 0 atom stereocenters. The van der Waals surface area contributed by atoms with Gasteiger partial charge >= 0.3 is 23.9 Å². The Morgan fingerprint density at radius 1 is 0.160 bits per heavy atom. The largest absolute Gasteiger partial charge is 0.481 e. The third-order valence-corrected chi connectivity index (χ3v) is 16.0. The van der Waals surface area contributed by atoms with E-state index in [0.717, 1.165) is 51.4 Å².